The molecule has 20 heavy (non-hydrogen) atoms. The van der Waals surface area contributed by atoms with Crippen molar-refractivity contribution < 1.29 is 12.9 Å². The van der Waals surface area contributed by atoms with Crippen LogP contribution in [0, 0.1) is 13.8 Å². The van der Waals surface area contributed by atoms with Gasteiger partial charge in [0.25, 0.3) is 0 Å². The van der Waals surface area contributed by atoms with Crippen LogP contribution in [-0.4, -0.2) is 13.6 Å². The van der Waals surface area contributed by atoms with Gasteiger partial charge in [-0.15, -0.1) is 0 Å². The van der Waals surface area contributed by atoms with Crippen LogP contribution in [0.25, 0.3) is 0 Å². The molecule has 0 saturated heterocycles. The molecule has 1 heterocycles. The number of hydrogen-bond donors (Lipinski definition) is 2. The highest BCUT2D eigenvalue weighted by molar-refractivity contribution is 7.89. The molecule has 0 amide bonds. The van der Waals surface area contributed by atoms with Gasteiger partial charge in [0.05, 0.1) is 17.6 Å². The Balaban J connectivity index is 2.31. The van der Waals surface area contributed by atoms with Crippen LogP contribution in [0.1, 0.15) is 22.5 Å². The van der Waals surface area contributed by atoms with Gasteiger partial charge in [0, 0.05) is 12.6 Å². The number of nitrogens with one attached hydrogen (secondary N) is 1. The first-order chi connectivity index (χ1) is 9.44. The van der Waals surface area contributed by atoms with Crippen molar-refractivity contribution >= 4 is 10.0 Å². The van der Waals surface area contributed by atoms with Crippen molar-refractivity contribution in [1.29, 1.82) is 0 Å². The van der Waals surface area contributed by atoms with E-state index in [2.05, 4.69) is 9.88 Å². The Morgan fingerprint density at radius 3 is 2.70 bits per heavy atom. The smallest absolute Gasteiger partial charge is 0.241 e. The van der Waals surface area contributed by atoms with E-state index >= 15 is 0 Å². The lowest BCUT2D eigenvalue weighted by atomic mass is 10.1. The van der Waals surface area contributed by atoms with Crippen LogP contribution in [0.2, 0.25) is 0 Å². The molecule has 7 heteroatoms. The molecule has 108 valence electrons. The fourth-order valence-electron chi connectivity index (χ4n) is 1.87. The standard InChI is InChI=1S/C13H17N3O3S/c1-9-5-11(7-14)6-13(10(9)2)20(17,18)16-8-12-3-4-15-19-12/h3-6,16H,7-8,14H2,1-2H3. The van der Waals surface area contributed by atoms with Crippen molar-refractivity contribution in [2.45, 2.75) is 31.8 Å². The molecule has 0 atom stereocenters. The lowest BCUT2D eigenvalue weighted by Crippen LogP contribution is -2.24. The van der Waals surface area contributed by atoms with Crippen LogP contribution >= 0.6 is 0 Å². The minimum atomic E-state index is -3.62. The number of sulfonamides is 1. The number of aryl methyl sites for hydroxylation is 1. The predicted molar refractivity (Wildman–Crippen MR) is 74.3 cm³/mol. The average molecular weight is 295 g/mol. The first kappa shape index (κ1) is 14.7. The lowest BCUT2D eigenvalue weighted by molar-refractivity contribution is 0.380. The van der Waals surface area contributed by atoms with Gasteiger partial charge in [-0.1, -0.05) is 11.2 Å². The summed E-state index contributed by atoms with van der Waals surface area (Å²) in [6, 6.07) is 5.10. The maximum atomic E-state index is 12.4. The third-order valence-electron chi connectivity index (χ3n) is 3.13. The van der Waals surface area contributed by atoms with E-state index in [9.17, 15) is 8.42 Å². The van der Waals surface area contributed by atoms with Gasteiger partial charge in [0.2, 0.25) is 10.0 Å². The molecule has 2 rings (SSSR count). The summed E-state index contributed by atoms with van der Waals surface area (Å²) in [7, 11) is -3.62. The zero-order chi connectivity index (χ0) is 14.8. The van der Waals surface area contributed by atoms with E-state index < -0.39 is 10.0 Å². The number of nitrogens with two attached hydrogens (primary N) is 1. The maximum absolute atomic E-state index is 12.4. The molecule has 0 radical (unpaired) electrons. The van der Waals surface area contributed by atoms with Gasteiger partial charge in [0.1, 0.15) is 0 Å². The van der Waals surface area contributed by atoms with Crippen molar-refractivity contribution in [2.75, 3.05) is 0 Å². The Bertz CT molecular complexity index is 694. The average Bonchev–Trinajstić information content (AvgIpc) is 2.92. The summed E-state index contributed by atoms with van der Waals surface area (Å²) in [5, 5.41) is 3.53. The summed E-state index contributed by atoms with van der Waals surface area (Å²) in [6.07, 6.45) is 1.47. The zero-order valence-corrected chi connectivity index (χ0v) is 12.2. The highest BCUT2D eigenvalue weighted by Gasteiger charge is 2.19. The maximum Gasteiger partial charge on any atom is 0.241 e. The second-order valence-electron chi connectivity index (χ2n) is 4.54. The van der Waals surface area contributed by atoms with E-state index in [-0.39, 0.29) is 11.4 Å². The van der Waals surface area contributed by atoms with Crippen LogP contribution in [0.4, 0.5) is 0 Å². The quantitative estimate of drug-likeness (QED) is 0.864. The number of rotatable bonds is 5. The minimum Gasteiger partial charge on any atom is -0.360 e. The van der Waals surface area contributed by atoms with Crippen molar-refractivity contribution in [3.63, 3.8) is 0 Å². The van der Waals surface area contributed by atoms with E-state index in [4.69, 9.17) is 10.3 Å². The van der Waals surface area contributed by atoms with Gasteiger partial charge in [-0.3, -0.25) is 0 Å². The Labute approximate surface area is 118 Å². The van der Waals surface area contributed by atoms with E-state index in [1.165, 1.54) is 6.20 Å². The molecule has 0 aliphatic carbocycles. The van der Waals surface area contributed by atoms with E-state index in [0.29, 0.717) is 17.9 Å². The number of benzene rings is 1. The minimum absolute atomic E-state index is 0.0632. The molecular weight excluding hydrogens is 278 g/mol. The van der Waals surface area contributed by atoms with E-state index in [1.807, 2.05) is 13.0 Å². The Morgan fingerprint density at radius 2 is 2.10 bits per heavy atom. The van der Waals surface area contributed by atoms with Gasteiger partial charge >= 0.3 is 0 Å². The van der Waals surface area contributed by atoms with Crippen molar-refractivity contribution in [2.24, 2.45) is 5.73 Å². The van der Waals surface area contributed by atoms with Crippen molar-refractivity contribution in [3.8, 4) is 0 Å². The first-order valence-electron chi connectivity index (χ1n) is 6.13. The number of hydrogen-bond acceptors (Lipinski definition) is 5. The molecule has 0 fully saturated rings. The van der Waals surface area contributed by atoms with Crippen molar-refractivity contribution in [3.05, 3.63) is 46.8 Å². The molecule has 2 aromatic rings. The van der Waals surface area contributed by atoms with Gasteiger partial charge in [0.15, 0.2) is 5.76 Å². The van der Waals surface area contributed by atoms with E-state index in [0.717, 1.165) is 11.1 Å². The first-order valence-corrected chi connectivity index (χ1v) is 7.62. The molecule has 0 aliphatic heterocycles. The third-order valence-corrected chi connectivity index (χ3v) is 4.66. The third kappa shape index (κ3) is 3.06. The van der Waals surface area contributed by atoms with Gasteiger partial charge in [-0.25, -0.2) is 13.1 Å². The molecular formula is C13H17N3O3S. The molecule has 0 aliphatic rings. The van der Waals surface area contributed by atoms with Crippen molar-refractivity contribution in [1.82, 2.24) is 9.88 Å². The van der Waals surface area contributed by atoms with Crippen LogP contribution in [-0.2, 0) is 23.1 Å². The summed E-state index contributed by atoms with van der Waals surface area (Å²) in [5.41, 5.74) is 7.99. The van der Waals surface area contributed by atoms with Gasteiger partial charge in [-0.2, -0.15) is 0 Å². The molecule has 0 spiro atoms. The highest BCUT2D eigenvalue weighted by Crippen LogP contribution is 2.21. The summed E-state index contributed by atoms with van der Waals surface area (Å²) in [6.45, 7) is 4.00. The SMILES string of the molecule is Cc1cc(CN)cc(S(=O)(=O)NCc2ccno2)c1C. The van der Waals surface area contributed by atoms with Crippen LogP contribution in [0.5, 0.6) is 0 Å². The monoisotopic (exact) mass is 295 g/mol. The summed E-state index contributed by atoms with van der Waals surface area (Å²) in [4.78, 5) is 0.248. The molecule has 1 aromatic heterocycles. The number of nitrogens with zero attached hydrogens (tertiary/aromatic N) is 1. The zero-order valence-electron chi connectivity index (χ0n) is 11.4. The largest absolute Gasteiger partial charge is 0.360 e. The predicted octanol–water partition coefficient (Wildman–Crippen LogP) is 1.23. The van der Waals surface area contributed by atoms with Gasteiger partial charge in [-0.05, 0) is 36.6 Å². The molecule has 3 N–H and O–H groups in total. The van der Waals surface area contributed by atoms with E-state index in [1.54, 1.807) is 19.1 Å². The molecule has 0 bridgehead atoms. The normalized spacial score (nSPS) is 11.8. The second kappa shape index (κ2) is 5.74. The Morgan fingerprint density at radius 1 is 1.35 bits per heavy atom. The number of aromatic nitrogens is 1. The molecule has 1 aromatic carbocycles. The molecule has 0 saturated carbocycles. The second-order valence-corrected chi connectivity index (χ2v) is 6.28. The summed E-state index contributed by atoms with van der Waals surface area (Å²) in [5.74, 6) is 0.456. The Hall–Kier alpha value is -1.70. The highest BCUT2D eigenvalue weighted by atomic mass is 32.2. The molecule has 0 unspecified atom stereocenters. The topological polar surface area (TPSA) is 98.2 Å². The fraction of sp³-hybridized carbons (Fsp3) is 0.308. The summed E-state index contributed by atoms with van der Waals surface area (Å²) >= 11 is 0. The Kier molecular flexibility index (Phi) is 4.22. The van der Waals surface area contributed by atoms with Crippen LogP contribution in [0.15, 0.2) is 33.8 Å². The fourth-order valence-corrected chi connectivity index (χ4v) is 3.23. The van der Waals surface area contributed by atoms with Gasteiger partial charge < -0.3 is 10.3 Å². The molecule has 6 nitrogen and oxygen atoms in total. The van der Waals surface area contributed by atoms with Crippen LogP contribution < -0.4 is 10.5 Å². The lowest BCUT2D eigenvalue weighted by Gasteiger charge is -2.12. The van der Waals surface area contributed by atoms with Crippen LogP contribution in [0.3, 0.4) is 0 Å². The summed E-state index contributed by atoms with van der Waals surface area (Å²) < 4.78 is 32.1.